The Labute approximate surface area is 233 Å². The molecule has 4 aromatic rings. The van der Waals surface area contributed by atoms with Gasteiger partial charge in [0.05, 0.1) is 23.6 Å². The van der Waals surface area contributed by atoms with Crippen LogP contribution in [-0.4, -0.2) is 51.5 Å². The van der Waals surface area contributed by atoms with E-state index in [0.717, 1.165) is 22.8 Å². The van der Waals surface area contributed by atoms with E-state index in [1.807, 2.05) is 0 Å². The molecule has 2 aromatic carbocycles. The van der Waals surface area contributed by atoms with Gasteiger partial charge in [0, 0.05) is 12.6 Å². The fourth-order valence-electron chi connectivity index (χ4n) is 4.79. The lowest BCUT2D eigenvalue weighted by molar-refractivity contribution is -0.735. The summed E-state index contributed by atoms with van der Waals surface area (Å²) in [5, 5.41) is 9.80. The molecule has 210 valence electrons. The van der Waals surface area contributed by atoms with E-state index in [0.29, 0.717) is 29.5 Å². The van der Waals surface area contributed by atoms with Crippen LogP contribution in [0.25, 0.3) is 5.65 Å². The fraction of sp³-hybridized carbons (Fsp3) is 0.250. The van der Waals surface area contributed by atoms with E-state index in [1.54, 1.807) is 37.3 Å². The summed E-state index contributed by atoms with van der Waals surface area (Å²) in [5.74, 6) is -1.98. The van der Waals surface area contributed by atoms with E-state index in [2.05, 4.69) is 20.7 Å². The van der Waals surface area contributed by atoms with E-state index in [1.165, 1.54) is 25.4 Å². The Hall–Kier alpha value is -5.20. The van der Waals surface area contributed by atoms with Crippen LogP contribution in [0.4, 0.5) is 10.1 Å². The Morgan fingerprint density at radius 2 is 1.93 bits per heavy atom. The molecule has 0 bridgehead atoms. The Kier molecular flexibility index (Phi) is 7.42. The smallest absolute Gasteiger partial charge is 0.380 e. The highest BCUT2D eigenvalue weighted by Gasteiger charge is 2.30. The lowest BCUT2D eigenvalue weighted by atomic mass is 10.0. The zero-order valence-corrected chi connectivity index (χ0v) is 22.4. The number of aryl methyl sites for hydroxylation is 2. The van der Waals surface area contributed by atoms with Crippen LogP contribution >= 0.6 is 0 Å². The second-order valence-electron chi connectivity index (χ2n) is 9.47. The maximum absolute atomic E-state index is 13.6. The first-order valence-electron chi connectivity index (χ1n) is 12.7. The molecule has 13 heteroatoms. The van der Waals surface area contributed by atoms with E-state index in [-0.39, 0.29) is 46.0 Å². The van der Waals surface area contributed by atoms with Crippen LogP contribution in [0.1, 0.15) is 66.1 Å². The van der Waals surface area contributed by atoms with Crippen molar-refractivity contribution in [3.63, 3.8) is 0 Å². The molecule has 0 unspecified atom stereocenters. The second kappa shape index (κ2) is 11.1. The molecule has 1 aliphatic rings. The van der Waals surface area contributed by atoms with Crippen LogP contribution in [0.2, 0.25) is 0 Å². The number of nitrogens with one attached hydrogen (secondary N) is 2. The van der Waals surface area contributed by atoms with Crippen molar-refractivity contribution in [2.24, 2.45) is 0 Å². The molecule has 0 fully saturated rings. The van der Waals surface area contributed by atoms with E-state index in [4.69, 9.17) is 9.57 Å². The fourth-order valence-corrected chi connectivity index (χ4v) is 4.79. The third kappa shape index (κ3) is 5.33. The Bertz CT molecular complexity index is 1720. The summed E-state index contributed by atoms with van der Waals surface area (Å²) in [6.07, 6.45) is 2.41. The summed E-state index contributed by atoms with van der Waals surface area (Å²) < 4.78 is 19.6. The molecule has 41 heavy (non-hydrogen) atoms. The molecular weight excluding hydrogens is 535 g/mol. The van der Waals surface area contributed by atoms with Crippen LogP contribution in [0.3, 0.4) is 0 Å². The van der Waals surface area contributed by atoms with Crippen LogP contribution in [-0.2, 0) is 22.5 Å². The minimum Gasteiger partial charge on any atom is -0.465 e. The number of hydrogen-bond donors (Lipinski definition) is 2. The molecule has 2 amide bonds. The number of esters is 1. The third-order valence-corrected chi connectivity index (χ3v) is 6.90. The van der Waals surface area contributed by atoms with Crippen LogP contribution in [0, 0.1) is 17.6 Å². The average molecular weight is 562 g/mol. The number of carbonyl (C=O) groups is 3. The highest BCUT2D eigenvalue weighted by molar-refractivity contribution is 5.99. The van der Waals surface area contributed by atoms with E-state index in [9.17, 15) is 23.7 Å². The molecule has 0 saturated carbocycles. The summed E-state index contributed by atoms with van der Waals surface area (Å²) in [7, 11) is 2.47. The lowest BCUT2D eigenvalue weighted by Gasteiger charge is -2.15. The molecule has 2 heterocycles. The Morgan fingerprint density at radius 1 is 1.12 bits per heavy atom. The van der Waals surface area contributed by atoms with Crippen molar-refractivity contribution >= 4 is 29.1 Å². The van der Waals surface area contributed by atoms with Crippen molar-refractivity contribution in [1.82, 2.24) is 25.2 Å². The standard InChI is InChI=1S/C28H25FN6O6/c1-15-10-16(4-8-20(15)29)13-30-26(36)22-12-23(34-25(32-22)24(14-31-34)35(39)41-3)27(37)33-21-9-6-17-11-18(28(38)40-2)5-7-19(17)21/h4-5,7-8,10-12,14,21H,6,9,13H2,1-3H3,(H-,30,33,36,37)/p+1/t21-/m0/s1. The highest BCUT2D eigenvalue weighted by Crippen LogP contribution is 2.32. The molecule has 0 radical (unpaired) electrons. The van der Waals surface area contributed by atoms with Gasteiger partial charge in [-0.05, 0) is 60.2 Å². The molecule has 0 aliphatic heterocycles. The van der Waals surface area contributed by atoms with Gasteiger partial charge in [-0.25, -0.2) is 23.5 Å². The van der Waals surface area contributed by atoms with Gasteiger partial charge in [-0.15, -0.1) is 0 Å². The van der Waals surface area contributed by atoms with Crippen molar-refractivity contribution in [3.8, 4) is 0 Å². The normalized spacial score (nSPS) is 13.9. The maximum atomic E-state index is 13.6. The first-order chi connectivity index (χ1) is 19.7. The monoisotopic (exact) mass is 561 g/mol. The number of benzene rings is 2. The molecule has 2 aromatic heterocycles. The summed E-state index contributed by atoms with van der Waals surface area (Å²) in [4.78, 5) is 60.0. The van der Waals surface area contributed by atoms with Gasteiger partial charge in [0.1, 0.15) is 23.4 Å². The average Bonchev–Trinajstić information content (AvgIpc) is 3.60. The number of halogens is 1. The number of ether oxygens (including phenoxy) is 1. The maximum Gasteiger partial charge on any atom is 0.380 e. The van der Waals surface area contributed by atoms with Crippen molar-refractivity contribution < 1.29 is 33.3 Å². The van der Waals surface area contributed by atoms with Gasteiger partial charge in [-0.1, -0.05) is 18.2 Å². The number of aromatic nitrogens is 3. The first kappa shape index (κ1) is 27.4. The molecule has 0 saturated heterocycles. The van der Waals surface area contributed by atoms with Gasteiger partial charge in [0.2, 0.25) is 5.65 Å². The zero-order chi connectivity index (χ0) is 29.3. The second-order valence-corrected chi connectivity index (χ2v) is 9.47. The molecule has 12 nitrogen and oxygen atoms in total. The number of nitrogens with zero attached hydrogens (tertiary/aromatic N) is 4. The number of fused-ring (bicyclic) bond motifs is 2. The van der Waals surface area contributed by atoms with Crippen molar-refractivity contribution in [1.29, 1.82) is 0 Å². The van der Waals surface area contributed by atoms with Gasteiger partial charge >= 0.3 is 11.7 Å². The first-order valence-corrected chi connectivity index (χ1v) is 12.7. The number of amides is 2. The lowest BCUT2D eigenvalue weighted by Crippen LogP contribution is -2.30. The molecular formula is C28H26FN6O6+. The van der Waals surface area contributed by atoms with Crippen LogP contribution in [0.15, 0.2) is 48.7 Å². The summed E-state index contributed by atoms with van der Waals surface area (Å²) in [5.41, 5.74) is 2.96. The Balaban J connectivity index is 1.44. The molecule has 1 atom stereocenters. The summed E-state index contributed by atoms with van der Waals surface area (Å²) in [6.45, 7) is 1.70. The van der Waals surface area contributed by atoms with Crippen molar-refractivity contribution in [3.05, 3.63) is 98.6 Å². The predicted molar refractivity (Wildman–Crippen MR) is 142 cm³/mol. The van der Waals surface area contributed by atoms with Gasteiger partial charge in [-0.2, -0.15) is 5.10 Å². The van der Waals surface area contributed by atoms with E-state index < -0.39 is 17.8 Å². The molecule has 5 rings (SSSR count). The molecule has 1 aliphatic carbocycles. The molecule has 0 spiro atoms. The topological polar surface area (TPSA) is 144 Å². The largest absolute Gasteiger partial charge is 0.465 e. The quantitative estimate of drug-likeness (QED) is 0.246. The third-order valence-electron chi connectivity index (χ3n) is 6.90. The summed E-state index contributed by atoms with van der Waals surface area (Å²) >= 11 is 0. The Morgan fingerprint density at radius 3 is 2.66 bits per heavy atom. The van der Waals surface area contributed by atoms with Gasteiger partial charge in [0.25, 0.3) is 16.7 Å². The number of methoxy groups -OCH3 is 1. The van der Waals surface area contributed by atoms with E-state index >= 15 is 0 Å². The van der Waals surface area contributed by atoms with Crippen LogP contribution < -0.4 is 10.6 Å². The van der Waals surface area contributed by atoms with Crippen molar-refractivity contribution in [2.45, 2.75) is 32.4 Å². The number of carbonyl (C=O) groups excluding carboxylic acids is 3. The predicted octanol–water partition coefficient (Wildman–Crippen LogP) is 3.28. The van der Waals surface area contributed by atoms with Gasteiger partial charge < -0.3 is 15.4 Å². The number of hydrogen-bond acceptors (Lipinski definition) is 8. The van der Waals surface area contributed by atoms with Gasteiger partial charge in [0.15, 0.2) is 7.11 Å². The minimum absolute atomic E-state index is 0.0341. The highest BCUT2D eigenvalue weighted by atomic mass is 19.1. The SMILES string of the molecule is COC(=O)c1ccc2c(c1)CC[C@@H]2NC(=O)c1cc(C(=O)NCc2ccc(F)c(C)c2)nc2c([N+](=O)OC)cnn12. The number of rotatable bonds is 8. The van der Waals surface area contributed by atoms with Crippen molar-refractivity contribution in [2.75, 3.05) is 14.2 Å². The van der Waals surface area contributed by atoms with Gasteiger partial charge in [-0.3, -0.25) is 9.59 Å². The minimum atomic E-state index is -0.618. The molecule has 2 N–H and O–H groups in total. The summed E-state index contributed by atoms with van der Waals surface area (Å²) in [6, 6.07) is 10.6. The van der Waals surface area contributed by atoms with Crippen LogP contribution in [0.5, 0.6) is 0 Å². The zero-order valence-electron chi connectivity index (χ0n) is 22.4.